The quantitative estimate of drug-likeness (QED) is 0.600. The van der Waals surface area contributed by atoms with Gasteiger partial charge in [-0.2, -0.15) is 0 Å². The van der Waals surface area contributed by atoms with E-state index in [2.05, 4.69) is 19.9 Å². The number of nitrogens with zero attached hydrogens (tertiary/aromatic N) is 3. The molecule has 8 heteroatoms. The van der Waals surface area contributed by atoms with Crippen molar-refractivity contribution in [2.45, 2.75) is 0 Å². The Hall–Kier alpha value is -3.00. The molecule has 0 aliphatic carbocycles. The van der Waals surface area contributed by atoms with Gasteiger partial charge in [-0.05, 0) is 12.1 Å². The highest BCUT2D eigenvalue weighted by Gasteiger charge is 2.16. The number of hydrogen-bond donors (Lipinski definition) is 2. The van der Waals surface area contributed by atoms with Crippen LogP contribution in [-0.2, 0) is 0 Å². The van der Waals surface area contributed by atoms with Crippen LogP contribution in [-0.4, -0.2) is 38.1 Å². The molecule has 4 aromatic heterocycles. The van der Waals surface area contributed by atoms with Crippen molar-refractivity contribution in [3.63, 3.8) is 0 Å². The molecule has 23 heavy (non-hydrogen) atoms. The average molecular weight is 326 g/mol. The molecule has 0 saturated carbocycles. The summed E-state index contributed by atoms with van der Waals surface area (Å²) in [6, 6.07) is 3.69. The van der Waals surface area contributed by atoms with E-state index in [1.54, 1.807) is 25.6 Å². The van der Waals surface area contributed by atoms with E-state index in [0.717, 1.165) is 20.8 Å². The molecule has 114 valence electrons. The molecule has 0 saturated heterocycles. The highest BCUT2D eigenvalue weighted by Crippen LogP contribution is 2.36. The minimum absolute atomic E-state index is 0.103. The first-order valence-electron chi connectivity index (χ1n) is 6.67. The molecule has 4 aromatic rings. The number of aromatic carboxylic acids is 1. The molecule has 0 unspecified atom stereocenters. The van der Waals surface area contributed by atoms with Crippen molar-refractivity contribution >= 4 is 38.7 Å². The van der Waals surface area contributed by atoms with Crippen molar-refractivity contribution in [1.82, 2.24) is 19.9 Å². The molecular weight excluding hydrogens is 316 g/mol. The number of ether oxygens (including phenoxy) is 1. The predicted octanol–water partition coefficient (Wildman–Crippen LogP) is 2.94. The Morgan fingerprint density at radius 3 is 3.04 bits per heavy atom. The first-order chi connectivity index (χ1) is 11.2. The van der Waals surface area contributed by atoms with Crippen molar-refractivity contribution in [3.8, 4) is 16.3 Å². The smallest absolute Gasteiger partial charge is 0.339 e. The number of carbonyl (C=O) groups is 1. The number of thiophene rings is 1. The molecule has 4 rings (SSSR count). The number of carboxylic acid groups (broad SMARTS) is 1. The molecule has 0 bridgehead atoms. The Kier molecular flexibility index (Phi) is 2.98. The number of fused-ring (bicyclic) bond motifs is 2. The van der Waals surface area contributed by atoms with E-state index in [-0.39, 0.29) is 5.56 Å². The van der Waals surface area contributed by atoms with Gasteiger partial charge >= 0.3 is 5.97 Å². The normalized spacial score (nSPS) is 11.2. The zero-order valence-electron chi connectivity index (χ0n) is 11.9. The average Bonchev–Trinajstić information content (AvgIpc) is 3.17. The highest BCUT2D eigenvalue weighted by molar-refractivity contribution is 7.22. The molecule has 7 nitrogen and oxygen atoms in total. The molecule has 0 aliphatic rings. The van der Waals surface area contributed by atoms with Gasteiger partial charge in [0.25, 0.3) is 0 Å². The largest absolute Gasteiger partial charge is 0.495 e. The molecule has 0 radical (unpaired) electrons. The Morgan fingerprint density at radius 1 is 1.39 bits per heavy atom. The minimum atomic E-state index is -1.04. The summed E-state index contributed by atoms with van der Waals surface area (Å²) >= 11 is 1.48. The van der Waals surface area contributed by atoms with Gasteiger partial charge in [0.15, 0.2) is 5.65 Å². The molecule has 0 amide bonds. The van der Waals surface area contributed by atoms with Crippen molar-refractivity contribution < 1.29 is 14.6 Å². The monoisotopic (exact) mass is 326 g/mol. The van der Waals surface area contributed by atoms with Gasteiger partial charge in [-0.3, -0.25) is 4.98 Å². The predicted molar refractivity (Wildman–Crippen MR) is 86.0 cm³/mol. The highest BCUT2D eigenvalue weighted by atomic mass is 32.1. The van der Waals surface area contributed by atoms with E-state index >= 15 is 0 Å². The van der Waals surface area contributed by atoms with Crippen molar-refractivity contribution in [2.75, 3.05) is 7.11 Å². The number of carboxylic acids is 1. The first kappa shape index (κ1) is 13.6. The van der Waals surface area contributed by atoms with E-state index in [9.17, 15) is 9.90 Å². The Bertz CT molecular complexity index is 1050. The number of nitrogens with one attached hydrogen (secondary N) is 1. The summed E-state index contributed by atoms with van der Waals surface area (Å²) in [6.45, 7) is 0. The van der Waals surface area contributed by atoms with Gasteiger partial charge in [-0.1, -0.05) is 0 Å². The van der Waals surface area contributed by atoms with E-state index in [1.165, 1.54) is 17.5 Å². The topological polar surface area (TPSA) is 101 Å². The van der Waals surface area contributed by atoms with Crippen LogP contribution in [0, 0.1) is 0 Å². The zero-order valence-corrected chi connectivity index (χ0v) is 12.7. The summed E-state index contributed by atoms with van der Waals surface area (Å²) in [5.74, 6) is -0.296. The lowest BCUT2D eigenvalue weighted by Gasteiger charge is -1.98. The second kappa shape index (κ2) is 5.03. The molecule has 0 spiro atoms. The van der Waals surface area contributed by atoms with Gasteiger partial charge in [-0.15, -0.1) is 11.3 Å². The maximum Gasteiger partial charge on any atom is 0.339 e. The summed E-state index contributed by atoms with van der Waals surface area (Å²) in [4.78, 5) is 27.9. The van der Waals surface area contributed by atoms with E-state index < -0.39 is 5.97 Å². The summed E-state index contributed by atoms with van der Waals surface area (Å²) in [5, 5.41) is 9.20. The summed E-state index contributed by atoms with van der Waals surface area (Å²) < 4.78 is 6.25. The molecular formula is C15H10N4O3S. The van der Waals surface area contributed by atoms with Crippen LogP contribution in [0.1, 0.15) is 10.4 Å². The van der Waals surface area contributed by atoms with Gasteiger partial charge in [-0.25, -0.2) is 14.8 Å². The van der Waals surface area contributed by atoms with E-state index in [0.29, 0.717) is 16.9 Å². The fourth-order valence-corrected chi connectivity index (χ4v) is 3.44. The number of hydrogen-bond acceptors (Lipinski definition) is 6. The Morgan fingerprint density at radius 2 is 2.26 bits per heavy atom. The zero-order chi connectivity index (χ0) is 16.0. The second-order valence-corrected chi connectivity index (χ2v) is 5.85. The number of aromatic amines is 1. The molecule has 0 aromatic carbocycles. The second-order valence-electron chi connectivity index (χ2n) is 4.80. The lowest BCUT2D eigenvalue weighted by molar-refractivity contribution is 0.0699. The molecule has 4 heterocycles. The van der Waals surface area contributed by atoms with Crippen LogP contribution in [0.25, 0.3) is 32.0 Å². The van der Waals surface area contributed by atoms with E-state index in [4.69, 9.17) is 4.74 Å². The van der Waals surface area contributed by atoms with Crippen LogP contribution >= 0.6 is 11.3 Å². The lowest BCUT2D eigenvalue weighted by Crippen LogP contribution is -1.96. The van der Waals surface area contributed by atoms with Crippen molar-refractivity contribution in [1.29, 1.82) is 0 Å². The van der Waals surface area contributed by atoms with Gasteiger partial charge < -0.3 is 14.8 Å². The number of aromatic nitrogens is 4. The number of methoxy groups -OCH3 is 1. The fraction of sp³-hybridized carbons (Fsp3) is 0.0667. The van der Waals surface area contributed by atoms with E-state index in [1.807, 2.05) is 6.07 Å². The third-order valence-corrected chi connectivity index (χ3v) is 4.62. The standard InChI is InChI=1S/C15H10N4O3S/c1-22-10-2-3-16-8-4-11(23-13(8)10)9-6-18-14-12(19-9)7(5-17-14)15(20)21/h2-6H,1H3,(H,17,18)(H,20,21). The third-order valence-electron chi connectivity index (χ3n) is 3.46. The fourth-order valence-electron chi connectivity index (χ4n) is 2.37. The summed E-state index contributed by atoms with van der Waals surface area (Å²) in [7, 11) is 1.61. The lowest BCUT2D eigenvalue weighted by atomic mass is 10.3. The van der Waals surface area contributed by atoms with Crippen molar-refractivity contribution in [3.05, 3.63) is 36.3 Å². The van der Waals surface area contributed by atoms with Gasteiger partial charge in [0.2, 0.25) is 0 Å². The maximum atomic E-state index is 11.2. The molecule has 2 N–H and O–H groups in total. The molecule has 0 fully saturated rings. The number of H-pyrrole nitrogens is 1. The molecule has 0 atom stereocenters. The van der Waals surface area contributed by atoms with Crippen LogP contribution in [0.4, 0.5) is 0 Å². The Balaban J connectivity index is 1.91. The summed E-state index contributed by atoms with van der Waals surface area (Å²) in [5.41, 5.74) is 2.30. The number of rotatable bonds is 3. The third kappa shape index (κ3) is 2.11. The van der Waals surface area contributed by atoms with Crippen LogP contribution in [0.3, 0.4) is 0 Å². The van der Waals surface area contributed by atoms with Crippen LogP contribution in [0.15, 0.2) is 30.7 Å². The number of pyridine rings is 1. The van der Waals surface area contributed by atoms with Gasteiger partial charge in [0, 0.05) is 12.4 Å². The van der Waals surface area contributed by atoms with Crippen molar-refractivity contribution in [2.24, 2.45) is 0 Å². The maximum absolute atomic E-state index is 11.2. The Labute approximate surface area is 133 Å². The minimum Gasteiger partial charge on any atom is -0.495 e. The van der Waals surface area contributed by atoms with Gasteiger partial charge in [0.1, 0.15) is 16.8 Å². The summed E-state index contributed by atoms with van der Waals surface area (Å²) in [6.07, 6.45) is 4.69. The molecule has 0 aliphatic heterocycles. The van der Waals surface area contributed by atoms with Crippen LogP contribution in [0.2, 0.25) is 0 Å². The van der Waals surface area contributed by atoms with Crippen LogP contribution in [0.5, 0.6) is 5.75 Å². The van der Waals surface area contributed by atoms with Crippen LogP contribution < -0.4 is 4.74 Å². The van der Waals surface area contributed by atoms with Gasteiger partial charge in [0.05, 0.1) is 34.1 Å². The SMILES string of the molecule is COc1ccnc2cc(-c3cnc4[nH]cc(C(=O)O)c4n3)sc12. The first-order valence-corrected chi connectivity index (χ1v) is 7.49.